The Hall–Kier alpha value is -3.35. The number of ketones is 1. The van der Waals surface area contributed by atoms with E-state index in [1.54, 1.807) is 30.3 Å². The van der Waals surface area contributed by atoms with Crippen molar-refractivity contribution in [3.05, 3.63) is 59.2 Å². The van der Waals surface area contributed by atoms with E-state index in [4.69, 9.17) is 9.47 Å². The van der Waals surface area contributed by atoms with Crippen molar-refractivity contribution >= 4 is 17.7 Å². The second-order valence-corrected chi connectivity index (χ2v) is 7.90. The molecule has 0 saturated carbocycles. The molecule has 0 aliphatic rings. The zero-order valence-corrected chi connectivity index (χ0v) is 19.6. The van der Waals surface area contributed by atoms with Crippen LogP contribution < -0.4 is 10.1 Å². The number of Topliss-reactive ketones (excluding diaryl/α,β-unsaturated/α-hetero) is 1. The van der Waals surface area contributed by atoms with Gasteiger partial charge in [0, 0.05) is 12.0 Å². The third-order valence-electron chi connectivity index (χ3n) is 5.31. The molecule has 1 unspecified atom stereocenters. The smallest absolute Gasteiger partial charge is 0.344 e. The number of methoxy groups -OCH3 is 1. The van der Waals surface area contributed by atoms with Crippen molar-refractivity contribution in [1.29, 1.82) is 0 Å². The van der Waals surface area contributed by atoms with E-state index in [1.165, 1.54) is 32.6 Å². The molecule has 0 spiro atoms. The van der Waals surface area contributed by atoms with Crippen molar-refractivity contribution in [2.45, 2.75) is 65.0 Å². The minimum atomic E-state index is -1.11. The van der Waals surface area contributed by atoms with Gasteiger partial charge in [-0.05, 0) is 37.6 Å². The summed E-state index contributed by atoms with van der Waals surface area (Å²) in [5.41, 5.74) is 0.808. The molecular formula is C26H33NO6. The Balaban J connectivity index is 2.18. The van der Waals surface area contributed by atoms with Gasteiger partial charge in [-0.25, -0.2) is 4.79 Å². The summed E-state index contributed by atoms with van der Waals surface area (Å²) >= 11 is 0. The zero-order chi connectivity index (χ0) is 24.2. The Labute approximate surface area is 195 Å². The second kappa shape index (κ2) is 13.3. The van der Waals surface area contributed by atoms with Crippen LogP contribution in [0, 0.1) is 0 Å². The van der Waals surface area contributed by atoms with Crippen LogP contribution in [0.2, 0.25) is 0 Å². The van der Waals surface area contributed by atoms with Crippen LogP contribution in [0.4, 0.5) is 0 Å². The fraction of sp³-hybridized carbons (Fsp3) is 0.423. The van der Waals surface area contributed by atoms with E-state index < -0.39 is 12.2 Å². The Bertz CT molecular complexity index is 956. The van der Waals surface area contributed by atoms with Gasteiger partial charge in [-0.2, -0.15) is 0 Å². The summed E-state index contributed by atoms with van der Waals surface area (Å²) in [5, 5.41) is 12.7. The van der Waals surface area contributed by atoms with Gasteiger partial charge in [0.2, 0.25) is 12.1 Å². The average Bonchev–Trinajstić information content (AvgIpc) is 2.80. The molecule has 0 heterocycles. The van der Waals surface area contributed by atoms with Crippen molar-refractivity contribution in [2.24, 2.45) is 0 Å². The lowest BCUT2D eigenvalue weighted by molar-refractivity contribution is -0.124. The number of phenols is 1. The lowest BCUT2D eigenvalue weighted by Crippen LogP contribution is -2.32. The van der Waals surface area contributed by atoms with Gasteiger partial charge in [0.25, 0.3) is 0 Å². The molecule has 0 fully saturated rings. The van der Waals surface area contributed by atoms with Gasteiger partial charge in [-0.15, -0.1) is 0 Å². The van der Waals surface area contributed by atoms with Gasteiger partial charge in [-0.3, -0.25) is 9.59 Å². The standard InChI is InChI=1S/C26H33NO6/c1-4-5-6-7-8-9-14-24(30)27-25(33-26(31)21-12-10-11-13-22(21)29)19-15-16-20(18(2)28)23(17-19)32-3/h10-13,15-17,25,29H,4-9,14H2,1-3H3,(H,27,30). The minimum absolute atomic E-state index is 0.0139. The molecule has 0 aliphatic carbocycles. The van der Waals surface area contributed by atoms with Crippen LogP contribution in [-0.4, -0.2) is 29.9 Å². The number of ether oxygens (including phenoxy) is 2. The number of rotatable bonds is 13. The van der Waals surface area contributed by atoms with E-state index >= 15 is 0 Å². The molecule has 33 heavy (non-hydrogen) atoms. The molecule has 2 aromatic carbocycles. The predicted octanol–water partition coefficient (Wildman–Crippen LogP) is 5.33. The monoisotopic (exact) mass is 455 g/mol. The second-order valence-electron chi connectivity index (χ2n) is 7.90. The summed E-state index contributed by atoms with van der Waals surface area (Å²) in [6.45, 7) is 3.58. The first-order valence-corrected chi connectivity index (χ1v) is 11.3. The number of nitrogens with one attached hydrogen (secondary N) is 1. The Morgan fingerprint density at radius 3 is 2.33 bits per heavy atom. The molecule has 178 valence electrons. The number of carbonyl (C=O) groups is 3. The summed E-state index contributed by atoms with van der Waals surface area (Å²) in [5.74, 6) is -1.12. The van der Waals surface area contributed by atoms with E-state index in [0.717, 1.165) is 32.1 Å². The van der Waals surface area contributed by atoms with Crippen LogP contribution in [0.3, 0.4) is 0 Å². The molecule has 7 heteroatoms. The van der Waals surface area contributed by atoms with Crippen molar-refractivity contribution in [2.75, 3.05) is 7.11 Å². The lowest BCUT2D eigenvalue weighted by atomic mass is 10.1. The van der Waals surface area contributed by atoms with Gasteiger partial charge in [0.05, 0.1) is 12.7 Å². The van der Waals surface area contributed by atoms with Crippen LogP contribution in [0.15, 0.2) is 42.5 Å². The van der Waals surface area contributed by atoms with Crippen molar-refractivity contribution in [1.82, 2.24) is 5.32 Å². The maximum Gasteiger partial charge on any atom is 0.344 e. The number of hydrogen-bond acceptors (Lipinski definition) is 6. The fourth-order valence-corrected chi connectivity index (χ4v) is 3.44. The Morgan fingerprint density at radius 2 is 1.67 bits per heavy atom. The molecule has 2 aromatic rings. The number of para-hydroxylation sites is 1. The van der Waals surface area contributed by atoms with Crippen molar-refractivity contribution in [3.8, 4) is 11.5 Å². The summed E-state index contributed by atoms with van der Waals surface area (Å²) in [7, 11) is 1.44. The van der Waals surface area contributed by atoms with E-state index in [1.807, 2.05) is 0 Å². The van der Waals surface area contributed by atoms with E-state index in [2.05, 4.69) is 12.2 Å². The van der Waals surface area contributed by atoms with Crippen LogP contribution in [-0.2, 0) is 9.53 Å². The normalized spacial score (nSPS) is 11.5. The predicted molar refractivity (Wildman–Crippen MR) is 125 cm³/mol. The van der Waals surface area contributed by atoms with E-state index in [0.29, 0.717) is 23.3 Å². The van der Waals surface area contributed by atoms with E-state index in [9.17, 15) is 19.5 Å². The molecule has 7 nitrogen and oxygen atoms in total. The topological polar surface area (TPSA) is 102 Å². The lowest BCUT2D eigenvalue weighted by Gasteiger charge is -2.21. The number of benzene rings is 2. The number of hydrogen-bond donors (Lipinski definition) is 2. The maximum absolute atomic E-state index is 12.7. The first-order chi connectivity index (χ1) is 15.9. The quantitative estimate of drug-likeness (QED) is 0.183. The molecule has 2 N–H and O–H groups in total. The SMILES string of the molecule is CCCCCCCCC(=O)NC(OC(=O)c1ccccc1O)c1ccc(C(C)=O)c(OC)c1. The molecule has 0 radical (unpaired) electrons. The maximum atomic E-state index is 12.7. The Kier molecular flexibility index (Phi) is 10.4. The minimum Gasteiger partial charge on any atom is -0.507 e. The highest BCUT2D eigenvalue weighted by atomic mass is 16.6. The molecule has 1 atom stereocenters. The average molecular weight is 456 g/mol. The summed E-state index contributed by atoms with van der Waals surface area (Å²) in [4.78, 5) is 37.1. The molecule has 1 amide bonds. The molecule has 0 aliphatic heterocycles. The summed E-state index contributed by atoms with van der Waals surface area (Å²) < 4.78 is 10.9. The molecule has 2 rings (SSSR count). The van der Waals surface area contributed by atoms with Gasteiger partial charge in [-0.1, -0.05) is 57.2 Å². The fourth-order valence-electron chi connectivity index (χ4n) is 3.44. The van der Waals surface area contributed by atoms with E-state index in [-0.39, 0.29) is 23.0 Å². The number of unbranched alkanes of at least 4 members (excludes halogenated alkanes) is 5. The van der Waals surface area contributed by atoms with Crippen LogP contribution in [0.5, 0.6) is 11.5 Å². The largest absolute Gasteiger partial charge is 0.507 e. The molecule has 0 saturated heterocycles. The van der Waals surface area contributed by atoms with Crippen LogP contribution in [0.1, 0.15) is 91.3 Å². The molecular weight excluding hydrogens is 422 g/mol. The highest BCUT2D eigenvalue weighted by Crippen LogP contribution is 2.27. The Morgan fingerprint density at radius 1 is 0.970 bits per heavy atom. The van der Waals surface area contributed by atoms with Gasteiger partial charge >= 0.3 is 5.97 Å². The van der Waals surface area contributed by atoms with Crippen LogP contribution in [0.25, 0.3) is 0 Å². The van der Waals surface area contributed by atoms with Gasteiger partial charge < -0.3 is 19.9 Å². The highest BCUT2D eigenvalue weighted by Gasteiger charge is 2.23. The number of aromatic hydroxyl groups is 1. The highest BCUT2D eigenvalue weighted by molar-refractivity contribution is 5.97. The van der Waals surface area contributed by atoms with Gasteiger partial charge in [0.1, 0.15) is 17.1 Å². The molecule has 0 aromatic heterocycles. The number of amides is 1. The first-order valence-electron chi connectivity index (χ1n) is 11.3. The van der Waals surface area contributed by atoms with Crippen molar-refractivity contribution in [3.63, 3.8) is 0 Å². The van der Waals surface area contributed by atoms with Crippen molar-refractivity contribution < 1.29 is 29.0 Å². The summed E-state index contributed by atoms with van der Waals surface area (Å²) in [6, 6.07) is 10.7. The van der Waals surface area contributed by atoms with Gasteiger partial charge in [0.15, 0.2) is 5.78 Å². The third kappa shape index (κ3) is 7.93. The number of phenolic OH excluding ortho intramolecular Hbond substituents is 1. The number of esters is 1. The molecule has 0 bridgehead atoms. The summed E-state index contributed by atoms with van der Waals surface area (Å²) in [6.07, 6.45) is 5.47. The number of carbonyl (C=O) groups excluding carboxylic acids is 3. The zero-order valence-electron chi connectivity index (χ0n) is 19.6. The van der Waals surface area contributed by atoms with Crippen LogP contribution >= 0.6 is 0 Å². The first kappa shape index (κ1) is 25.9. The third-order valence-corrected chi connectivity index (χ3v) is 5.31.